The summed E-state index contributed by atoms with van der Waals surface area (Å²) in [6.07, 6.45) is 1.54. The van der Waals surface area contributed by atoms with Crippen LogP contribution < -0.4 is 15.4 Å². The first-order chi connectivity index (χ1) is 15.5. The molecule has 0 aromatic heterocycles. The first-order valence-corrected chi connectivity index (χ1v) is 10.0. The molecule has 7 nitrogen and oxygen atoms in total. The number of amides is 4. The maximum Gasteiger partial charge on any atom is 0.329 e. The van der Waals surface area contributed by atoms with Crippen LogP contribution >= 0.6 is 0 Å². The Labute approximate surface area is 183 Å². The second-order valence-electron chi connectivity index (χ2n) is 7.04. The number of anilines is 1. The predicted molar refractivity (Wildman–Crippen MR) is 118 cm³/mol. The molecule has 8 heteroatoms. The van der Waals surface area contributed by atoms with Gasteiger partial charge in [0.1, 0.15) is 23.8 Å². The highest BCUT2D eigenvalue weighted by Crippen LogP contribution is 2.31. The van der Waals surface area contributed by atoms with Gasteiger partial charge in [-0.05, 0) is 42.0 Å². The summed E-state index contributed by atoms with van der Waals surface area (Å²) in [4.78, 5) is 38.3. The molecule has 3 aromatic carbocycles. The number of urea groups is 1. The molecule has 0 bridgehead atoms. The van der Waals surface area contributed by atoms with E-state index in [1.807, 2.05) is 37.3 Å². The average molecular weight is 433 g/mol. The van der Waals surface area contributed by atoms with Crippen LogP contribution in [0.3, 0.4) is 0 Å². The molecule has 4 rings (SSSR count). The Bertz CT molecular complexity index is 1250. The summed E-state index contributed by atoms with van der Waals surface area (Å²) in [5.41, 5.74) is 0.634. The second-order valence-corrected chi connectivity index (χ2v) is 7.04. The molecule has 1 heterocycles. The van der Waals surface area contributed by atoms with E-state index in [1.165, 1.54) is 18.2 Å². The van der Waals surface area contributed by atoms with Crippen molar-refractivity contribution >= 4 is 40.4 Å². The molecule has 32 heavy (non-hydrogen) atoms. The maximum atomic E-state index is 13.8. The SMILES string of the molecule is CCOc1ccc2ccccc2c1/C=C1/NC(=O)N(CC(=O)Nc2ccccc2F)C1=O. The standard InChI is InChI=1S/C24H20FN3O4/c1-2-32-21-12-11-15-7-3-4-8-16(15)17(21)13-20-23(30)28(24(31)27-20)14-22(29)26-19-10-6-5-9-18(19)25/h3-13H,2,14H2,1H3,(H,26,29)(H,27,31)/b20-13+. The largest absolute Gasteiger partial charge is 0.493 e. The van der Waals surface area contributed by atoms with Gasteiger partial charge >= 0.3 is 6.03 Å². The van der Waals surface area contributed by atoms with Crippen molar-refractivity contribution in [3.8, 4) is 5.75 Å². The lowest BCUT2D eigenvalue weighted by atomic mass is 10.0. The van der Waals surface area contributed by atoms with Crippen molar-refractivity contribution in [1.82, 2.24) is 10.2 Å². The first-order valence-electron chi connectivity index (χ1n) is 10.0. The zero-order valence-corrected chi connectivity index (χ0v) is 17.2. The molecule has 1 fully saturated rings. The third-order valence-electron chi connectivity index (χ3n) is 4.93. The van der Waals surface area contributed by atoms with Crippen molar-refractivity contribution in [1.29, 1.82) is 0 Å². The van der Waals surface area contributed by atoms with Crippen molar-refractivity contribution in [2.24, 2.45) is 0 Å². The number of fused-ring (bicyclic) bond motifs is 1. The van der Waals surface area contributed by atoms with Crippen molar-refractivity contribution in [2.45, 2.75) is 6.92 Å². The minimum Gasteiger partial charge on any atom is -0.493 e. The van der Waals surface area contributed by atoms with Gasteiger partial charge in [-0.3, -0.25) is 9.59 Å². The van der Waals surface area contributed by atoms with E-state index in [0.29, 0.717) is 17.9 Å². The van der Waals surface area contributed by atoms with E-state index in [0.717, 1.165) is 15.7 Å². The fraction of sp³-hybridized carbons (Fsp3) is 0.125. The van der Waals surface area contributed by atoms with Gasteiger partial charge in [0.05, 0.1) is 12.3 Å². The van der Waals surface area contributed by atoms with Crippen LogP contribution in [-0.4, -0.2) is 35.9 Å². The zero-order valence-electron chi connectivity index (χ0n) is 17.2. The van der Waals surface area contributed by atoms with E-state index in [1.54, 1.807) is 18.2 Å². The number of carbonyl (C=O) groups is 3. The molecule has 162 valence electrons. The summed E-state index contributed by atoms with van der Waals surface area (Å²) in [6.45, 7) is 1.73. The predicted octanol–water partition coefficient (Wildman–Crippen LogP) is 3.91. The Morgan fingerprint density at radius 1 is 1.09 bits per heavy atom. The minimum atomic E-state index is -0.733. The minimum absolute atomic E-state index is 0.0194. The molecular weight excluding hydrogens is 413 g/mol. The van der Waals surface area contributed by atoms with Gasteiger partial charge in [-0.15, -0.1) is 0 Å². The Morgan fingerprint density at radius 2 is 1.84 bits per heavy atom. The summed E-state index contributed by atoms with van der Waals surface area (Å²) in [5, 5.41) is 6.67. The van der Waals surface area contributed by atoms with E-state index in [-0.39, 0.29) is 11.4 Å². The van der Waals surface area contributed by atoms with Crippen molar-refractivity contribution < 1.29 is 23.5 Å². The van der Waals surface area contributed by atoms with Gasteiger partial charge < -0.3 is 15.4 Å². The maximum absolute atomic E-state index is 13.8. The normalized spacial score (nSPS) is 14.7. The number of rotatable bonds is 6. The molecule has 0 radical (unpaired) electrons. The zero-order chi connectivity index (χ0) is 22.7. The highest BCUT2D eigenvalue weighted by Gasteiger charge is 2.35. The molecule has 1 aliphatic rings. The van der Waals surface area contributed by atoms with E-state index in [4.69, 9.17) is 4.74 Å². The van der Waals surface area contributed by atoms with Crippen molar-refractivity contribution in [3.05, 3.63) is 77.7 Å². The Kier molecular flexibility index (Phi) is 5.85. The molecular formula is C24H20FN3O4. The van der Waals surface area contributed by atoms with Crippen LogP contribution in [0, 0.1) is 5.82 Å². The lowest BCUT2D eigenvalue weighted by molar-refractivity contribution is -0.127. The number of carbonyl (C=O) groups excluding carboxylic acids is 3. The topological polar surface area (TPSA) is 87.7 Å². The number of ether oxygens (including phenoxy) is 1. The molecule has 3 aromatic rings. The first kappa shape index (κ1) is 21.0. The quantitative estimate of drug-likeness (QED) is 0.456. The number of nitrogens with zero attached hydrogens (tertiary/aromatic N) is 1. The van der Waals surface area contributed by atoms with Gasteiger partial charge in [-0.25, -0.2) is 14.1 Å². The molecule has 1 aliphatic heterocycles. The Hall–Kier alpha value is -4.20. The molecule has 1 saturated heterocycles. The van der Waals surface area contributed by atoms with E-state index in [9.17, 15) is 18.8 Å². The highest BCUT2D eigenvalue weighted by molar-refractivity contribution is 6.16. The number of halogens is 1. The van der Waals surface area contributed by atoms with Crippen molar-refractivity contribution in [3.63, 3.8) is 0 Å². The van der Waals surface area contributed by atoms with Crippen LogP contribution in [0.2, 0.25) is 0 Å². The van der Waals surface area contributed by atoms with Crippen molar-refractivity contribution in [2.75, 3.05) is 18.5 Å². The van der Waals surface area contributed by atoms with E-state index in [2.05, 4.69) is 10.6 Å². The van der Waals surface area contributed by atoms with Gasteiger partial charge in [0.25, 0.3) is 5.91 Å². The number of benzene rings is 3. The molecule has 0 spiro atoms. The monoisotopic (exact) mass is 433 g/mol. The third kappa shape index (κ3) is 4.15. The number of imide groups is 1. The van der Waals surface area contributed by atoms with Crippen LogP contribution in [0.5, 0.6) is 5.75 Å². The second kappa shape index (κ2) is 8.89. The van der Waals surface area contributed by atoms with Crippen LogP contribution in [0.25, 0.3) is 16.8 Å². The van der Waals surface area contributed by atoms with Gasteiger partial charge in [-0.1, -0.05) is 42.5 Å². The molecule has 0 unspecified atom stereocenters. The van der Waals surface area contributed by atoms with E-state index < -0.39 is 30.2 Å². The number of hydrogen-bond donors (Lipinski definition) is 2. The van der Waals surface area contributed by atoms with Gasteiger partial charge in [-0.2, -0.15) is 0 Å². The van der Waals surface area contributed by atoms with Gasteiger partial charge in [0.15, 0.2) is 0 Å². The summed E-state index contributed by atoms with van der Waals surface area (Å²) >= 11 is 0. The fourth-order valence-corrected chi connectivity index (χ4v) is 3.46. The average Bonchev–Trinajstić information content (AvgIpc) is 3.04. The number of nitrogens with one attached hydrogen (secondary N) is 2. The number of hydrogen-bond acceptors (Lipinski definition) is 4. The molecule has 2 N–H and O–H groups in total. The molecule has 0 saturated carbocycles. The third-order valence-corrected chi connectivity index (χ3v) is 4.93. The Balaban J connectivity index is 1.60. The smallest absolute Gasteiger partial charge is 0.329 e. The van der Waals surface area contributed by atoms with Gasteiger partial charge in [0.2, 0.25) is 5.91 Å². The molecule has 0 aliphatic carbocycles. The number of para-hydroxylation sites is 1. The van der Waals surface area contributed by atoms with Crippen LogP contribution in [-0.2, 0) is 9.59 Å². The van der Waals surface area contributed by atoms with Crippen LogP contribution in [0.15, 0.2) is 66.4 Å². The lowest BCUT2D eigenvalue weighted by Crippen LogP contribution is -2.38. The summed E-state index contributed by atoms with van der Waals surface area (Å²) in [7, 11) is 0. The van der Waals surface area contributed by atoms with Gasteiger partial charge in [0, 0.05) is 5.56 Å². The summed E-state index contributed by atoms with van der Waals surface area (Å²) in [6, 6.07) is 16.2. The highest BCUT2D eigenvalue weighted by atomic mass is 19.1. The molecule has 4 amide bonds. The van der Waals surface area contributed by atoms with Crippen LogP contribution in [0.4, 0.5) is 14.9 Å². The summed E-state index contributed by atoms with van der Waals surface area (Å²) < 4.78 is 19.5. The van der Waals surface area contributed by atoms with Crippen LogP contribution in [0.1, 0.15) is 12.5 Å². The molecule has 0 atom stereocenters. The van der Waals surface area contributed by atoms with E-state index >= 15 is 0 Å². The summed E-state index contributed by atoms with van der Waals surface area (Å²) in [5.74, 6) is -1.40. The Morgan fingerprint density at radius 3 is 2.62 bits per heavy atom. The lowest BCUT2D eigenvalue weighted by Gasteiger charge is -2.12. The fourth-order valence-electron chi connectivity index (χ4n) is 3.46.